The maximum atomic E-state index is 12.7. The average Bonchev–Trinajstić information content (AvgIpc) is 3.47. The number of fused-ring (bicyclic) bond motifs is 2. The molecule has 0 unspecified atom stereocenters. The number of imidazole rings is 1. The Labute approximate surface area is 193 Å². The quantitative estimate of drug-likeness (QED) is 0.401. The number of rotatable bonds is 5. The summed E-state index contributed by atoms with van der Waals surface area (Å²) >= 11 is 0. The van der Waals surface area contributed by atoms with E-state index >= 15 is 0 Å². The van der Waals surface area contributed by atoms with Gasteiger partial charge in [-0.25, -0.2) is 9.97 Å². The summed E-state index contributed by atoms with van der Waals surface area (Å²) in [5.41, 5.74) is 4.38. The third kappa shape index (κ3) is 2.97. The molecule has 7 rings (SSSR count). The van der Waals surface area contributed by atoms with E-state index in [9.17, 15) is 4.79 Å². The van der Waals surface area contributed by atoms with Crippen LogP contribution in [0.15, 0.2) is 75.1 Å². The van der Waals surface area contributed by atoms with Crippen molar-refractivity contribution in [1.29, 1.82) is 0 Å². The van der Waals surface area contributed by atoms with Gasteiger partial charge in [-0.3, -0.25) is 9.36 Å². The fourth-order valence-corrected chi connectivity index (χ4v) is 5.11. The van der Waals surface area contributed by atoms with Crippen molar-refractivity contribution in [3.8, 4) is 11.3 Å². The van der Waals surface area contributed by atoms with Gasteiger partial charge in [0.2, 0.25) is 5.89 Å². The molecule has 2 aliphatic carbocycles. The van der Waals surface area contributed by atoms with E-state index in [-0.39, 0.29) is 18.0 Å². The van der Waals surface area contributed by atoms with Crippen LogP contribution in [0.3, 0.4) is 0 Å². The number of aryl methyl sites for hydroxylation is 1. The number of nitrogens with zero attached hydrogens (tertiary/aromatic N) is 6. The zero-order valence-corrected chi connectivity index (χ0v) is 18.3. The molecule has 1 aromatic carbocycles. The van der Waals surface area contributed by atoms with Crippen LogP contribution in [0.2, 0.25) is 0 Å². The van der Waals surface area contributed by atoms with Gasteiger partial charge < -0.3 is 13.5 Å². The van der Waals surface area contributed by atoms with E-state index in [0.29, 0.717) is 28.9 Å². The van der Waals surface area contributed by atoms with E-state index < -0.39 is 0 Å². The summed E-state index contributed by atoms with van der Waals surface area (Å²) in [5, 5.41) is 4.22. The molecule has 5 aromatic rings. The lowest BCUT2D eigenvalue weighted by atomic mass is 9.99. The van der Waals surface area contributed by atoms with Crippen LogP contribution < -0.4 is 5.56 Å². The summed E-state index contributed by atoms with van der Waals surface area (Å²) in [7, 11) is 1.77. The van der Waals surface area contributed by atoms with Crippen molar-refractivity contribution in [3.63, 3.8) is 0 Å². The number of allylic oxidation sites excluding steroid dienone is 2. The molecule has 0 saturated heterocycles. The number of hydrogen-bond acceptors (Lipinski definition) is 7. The second-order valence-electron chi connectivity index (χ2n) is 8.97. The Morgan fingerprint density at radius 1 is 1.09 bits per heavy atom. The molecule has 9 nitrogen and oxygen atoms in total. The fourth-order valence-electron chi connectivity index (χ4n) is 5.11. The van der Waals surface area contributed by atoms with Crippen LogP contribution >= 0.6 is 0 Å². The van der Waals surface area contributed by atoms with Gasteiger partial charge in [-0.05, 0) is 41.5 Å². The van der Waals surface area contributed by atoms with Gasteiger partial charge in [0.15, 0.2) is 17.0 Å². The predicted octanol–water partition coefficient (Wildman–Crippen LogP) is 3.64. The predicted molar refractivity (Wildman–Crippen MR) is 123 cm³/mol. The molecule has 1 fully saturated rings. The second kappa shape index (κ2) is 7.11. The first-order valence-electron chi connectivity index (χ1n) is 11.2. The summed E-state index contributed by atoms with van der Waals surface area (Å²) in [4.78, 5) is 25.7. The summed E-state index contributed by atoms with van der Waals surface area (Å²) in [6.45, 7) is 0.186. The third-order valence-electron chi connectivity index (χ3n) is 6.93. The zero-order valence-electron chi connectivity index (χ0n) is 18.3. The molecule has 0 N–H and O–H groups in total. The van der Waals surface area contributed by atoms with Crippen molar-refractivity contribution in [2.75, 3.05) is 0 Å². The van der Waals surface area contributed by atoms with Crippen molar-refractivity contribution >= 4 is 16.7 Å². The highest BCUT2D eigenvalue weighted by Crippen LogP contribution is 2.62. The molecule has 4 heterocycles. The molecule has 0 radical (unpaired) electrons. The summed E-state index contributed by atoms with van der Waals surface area (Å²) in [6.07, 6.45) is 8.08. The maximum absolute atomic E-state index is 12.7. The highest BCUT2D eigenvalue weighted by Gasteiger charge is 2.55. The molecule has 0 aliphatic heterocycles. The Bertz CT molecular complexity index is 1610. The first-order chi connectivity index (χ1) is 16.7. The molecule has 0 amide bonds. The second-order valence-corrected chi connectivity index (χ2v) is 8.97. The lowest BCUT2D eigenvalue weighted by molar-refractivity contribution is 0.364. The van der Waals surface area contributed by atoms with Crippen LogP contribution in [0.25, 0.3) is 28.1 Å². The fraction of sp³-hybridized carbons (Fsp3) is 0.240. The van der Waals surface area contributed by atoms with E-state index in [2.05, 4.69) is 50.5 Å². The Hall–Kier alpha value is -4.27. The largest absolute Gasteiger partial charge is 0.464 e. The molecule has 4 aromatic heterocycles. The highest BCUT2D eigenvalue weighted by atomic mass is 16.5. The van der Waals surface area contributed by atoms with Crippen LogP contribution in [0.1, 0.15) is 29.6 Å². The molecule has 2 aliphatic rings. The topological polar surface area (TPSA) is 105 Å². The normalized spacial score (nSPS) is 21.1. The van der Waals surface area contributed by atoms with Crippen molar-refractivity contribution in [3.05, 3.63) is 89.0 Å². The van der Waals surface area contributed by atoms with Crippen molar-refractivity contribution in [2.45, 2.75) is 18.9 Å². The van der Waals surface area contributed by atoms with Gasteiger partial charge in [0, 0.05) is 18.5 Å². The Morgan fingerprint density at radius 2 is 1.91 bits per heavy atom. The zero-order chi connectivity index (χ0) is 22.8. The summed E-state index contributed by atoms with van der Waals surface area (Å²) < 4.78 is 14.1. The number of aromatic nitrogens is 6. The van der Waals surface area contributed by atoms with Crippen LogP contribution in [-0.4, -0.2) is 29.2 Å². The minimum atomic E-state index is -0.182. The van der Waals surface area contributed by atoms with Gasteiger partial charge in [0.25, 0.3) is 5.56 Å². The number of furan rings is 1. The van der Waals surface area contributed by atoms with Crippen molar-refractivity contribution in [2.24, 2.45) is 18.9 Å². The van der Waals surface area contributed by atoms with Crippen LogP contribution in [-0.2, 0) is 13.6 Å². The molecular weight excluding hydrogens is 432 g/mol. The molecule has 168 valence electrons. The lowest BCUT2D eigenvalue weighted by Gasteiger charge is -2.06. The first kappa shape index (κ1) is 19.2. The smallest absolute Gasteiger partial charge is 0.280 e. The van der Waals surface area contributed by atoms with E-state index in [4.69, 9.17) is 8.94 Å². The van der Waals surface area contributed by atoms with Crippen LogP contribution in [0.4, 0.5) is 0 Å². The van der Waals surface area contributed by atoms with Gasteiger partial charge in [0.05, 0.1) is 12.6 Å². The third-order valence-corrected chi connectivity index (χ3v) is 6.93. The SMILES string of the molecule is Cn1cnc2ncn(Cc3nc([C@@H]4[C@H]5C=C(c6ccc(-c7ccco7)cc6)C[C@H]54)no3)c(=O)c21. The Balaban J connectivity index is 1.06. The number of benzene rings is 1. The van der Waals surface area contributed by atoms with Crippen LogP contribution in [0.5, 0.6) is 0 Å². The Kier molecular flexibility index (Phi) is 4.02. The van der Waals surface area contributed by atoms with Gasteiger partial charge in [0.1, 0.15) is 18.6 Å². The van der Waals surface area contributed by atoms with E-state index in [1.54, 1.807) is 24.2 Å². The van der Waals surface area contributed by atoms with E-state index in [1.165, 1.54) is 22.0 Å². The molecule has 0 bridgehead atoms. The van der Waals surface area contributed by atoms with Gasteiger partial charge in [-0.2, -0.15) is 4.98 Å². The minimum absolute atomic E-state index is 0.182. The molecule has 0 spiro atoms. The molecule has 9 heteroatoms. The maximum Gasteiger partial charge on any atom is 0.280 e. The molecule has 1 saturated carbocycles. The lowest BCUT2D eigenvalue weighted by Crippen LogP contribution is -2.22. The first-order valence-corrected chi connectivity index (χ1v) is 11.2. The van der Waals surface area contributed by atoms with Crippen molar-refractivity contribution < 1.29 is 8.94 Å². The Morgan fingerprint density at radius 3 is 2.68 bits per heavy atom. The van der Waals surface area contributed by atoms with Gasteiger partial charge in [-0.15, -0.1) is 0 Å². The van der Waals surface area contributed by atoms with Crippen LogP contribution in [0, 0.1) is 11.8 Å². The molecular formula is C25H20N6O3. The molecule has 3 atom stereocenters. The van der Waals surface area contributed by atoms with Gasteiger partial charge >= 0.3 is 0 Å². The van der Waals surface area contributed by atoms with E-state index in [0.717, 1.165) is 23.6 Å². The minimum Gasteiger partial charge on any atom is -0.464 e. The summed E-state index contributed by atoms with van der Waals surface area (Å²) in [6, 6.07) is 12.4. The van der Waals surface area contributed by atoms with Crippen molar-refractivity contribution in [1.82, 2.24) is 29.2 Å². The average molecular weight is 452 g/mol. The number of hydrogen-bond donors (Lipinski definition) is 0. The summed E-state index contributed by atoms with van der Waals surface area (Å²) in [5.74, 6) is 3.21. The standard InChI is InChI=1S/C25H20N6O3/c1-30-12-26-24-22(30)25(32)31(13-27-24)11-20-28-23(29-34-20)21-17-9-16(10-18(17)21)14-4-6-15(7-5-14)19-3-2-8-33-19/h2-9,12-13,17-18,21H,10-11H2,1H3/t17-,18+,21+/m0/s1. The monoisotopic (exact) mass is 452 g/mol. The molecule has 34 heavy (non-hydrogen) atoms. The highest BCUT2D eigenvalue weighted by molar-refractivity contribution is 5.73. The van der Waals surface area contributed by atoms with Gasteiger partial charge in [-0.1, -0.05) is 35.5 Å². The van der Waals surface area contributed by atoms with E-state index in [1.807, 2.05) is 12.1 Å².